The maximum absolute atomic E-state index is 5.09. The number of thiocarbonyl (C=S) groups is 1. The minimum atomic E-state index is 0.273. The molecule has 1 atom stereocenters. The van der Waals surface area contributed by atoms with Crippen molar-refractivity contribution in [1.82, 2.24) is 20.8 Å². The van der Waals surface area contributed by atoms with Crippen LogP contribution in [-0.2, 0) is 6.42 Å². The van der Waals surface area contributed by atoms with E-state index in [0.717, 1.165) is 12.1 Å². The van der Waals surface area contributed by atoms with Gasteiger partial charge in [0.2, 0.25) is 0 Å². The van der Waals surface area contributed by atoms with Crippen molar-refractivity contribution >= 4 is 23.4 Å². The summed E-state index contributed by atoms with van der Waals surface area (Å²) < 4.78 is 0. The summed E-state index contributed by atoms with van der Waals surface area (Å²) >= 11 is 5.09. The molecule has 2 rings (SSSR count). The molecular weight excluding hydrogens is 208 g/mol. The van der Waals surface area contributed by atoms with Gasteiger partial charge in [-0.2, -0.15) is 5.10 Å². The molecule has 4 nitrogen and oxygen atoms in total. The number of aromatic amines is 1. The molecule has 3 N–H and O–H groups in total. The SMILES string of the molecule is CNC(=S)NC1Cc2cn[nH]c2C=C1C. The van der Waals surface area contributed by atoms with E-state index in [1.54, 1.807) is 0 Å². The minimum absolute atomic E-state index is 0.273. The van der Waals surface area contributed by atoms with Crippen molar-refractivity contribution < 1.29 is 0 Å². The number of hydrogen-bond acceptors (Lipinski definition) is 2. The van der Waals surface area contributed by atoms with Crippen molar-refractivity contribution in [2.24, 2.45) is 0 Å². The lowest BCUT2D eigenvalue weighted by Crippen LogP contribution is -2.42. The van der Waals surface area contributed by atoms with Gasteiger partial charge in [0, 0.05) is 13.5 Å². The van der Waals surface area contributed by atoms with Crippen LogP contribution in [0.15, 0.2) is 11.8 Å². The summed E-state index contributed by atoms with van der Waals surface area (Å²) in [4.78, 5) is 0. The number of fused-ring (bicyclic) bond motifs is 1. The summed E-state index contributed by atoms with van der Waals surface area (Å²) in [6, 6.07) is 0.273. The summed E-state index contributed by atoms with van der Waals surface area (Å²) in [6.07, 6.45) is 4.91. The monoisotopic (exact) mass is 222 g/mol. The lowest BCUT2D eigenvalue weighted by atomic mass is 9.94. The normalized spacial score (nSPS) is 19.1. The van der Waals surface area contributed by atoms with E-state index in [4.69, 9.17) is 12.2 Å². The Bertz CT molecular complexity index is 407. The van der Waals surface area contributed by atoms with Crippen LogP contribution >= 0.6 is 12.2 Å². The van der Waals surface area contributed by atoms with E-state index in [1.807, 2.05) is 13.2 Å². The molecule has 0 fully saturated rings. The van der Waals surface area contributed by atoms with E-state index in [-0.39, 0.29) is 6.04 Å². The molecule has 0 saturated carbocycles. The molecule has 0 aliphatic heterocycles. The molecule has 80 valence electrons. The molecule has 5 heteroatoms. The highest BCUT2D eigenvalue weighted by atomic mass is 32.1. The highest BCUT2D eigenvalue weighted by molar-refractivity contribution is 7.80. The molecule has 1 aliphatic rings. The average Bonchev–Trinajstić information content (AvgIpc) is 2.65. The van der Waals surface area contributed by atoms with Gasteiger partial charge in [0.15, 0.2) is 5.11 Å². The van der Waals surface area contributed by atoms with Crippen LogP contribution in [0.4, 0.5) is 0 Å². The van der Waals surface area contributed by atoms with Gasteiger partial charge < -0.3 is 10.6 Å². The summed E-state index contributed by atoms with van der Waals surface area (Å²) in [5.74, 6) is 0. The van der Waals surface area contributed by atoms with Crippen LogP contribution < -0.4 is 10.6 Å². The maximum Gasteiger partial charge on any atom is 0.166 e. The standard InChI is InChI=1S/C10H14N4S/c1-6-3-9-7(5-12-14-9)4-8(6)13-10(15)11-2/h3,5,8H,4H2,1-2H3,(H,12,14)(H2,11,13,15). The van der Waals surface area contributed by atoms with Crippen molar-refractivity contribution in [3.8, 4) is 0 Å². The van der Waals surface area contributed by atoms with E-state index in [9.17, 15) is 0 Å². The van der Waals surface area contributed by atoms with Crippen molar-refractivity contribution in [3.05, 3.63) is 23.0 Å². The Hall–Kier alpha value is -1.36. The highest BCUT2D eigenvalue weighted by Crippen LogP contribution is 2.21. The number of nitrogens with one attached hydrogen (secondary N) is 3. The van der Waals surface area contributed by atoms with Crippen molar-refractivity contribution in [2.45, 2.75) is 19.4 Å². The first kappa shape index (κ1) is 10.2. The van der Waals surface area contributed by atoms with Crippen LogP contribution in [0.25, 0.3) is 6.08 Å². The van der Waals surface area contributed by atoms with Crippen LogP contribution in [0.2, 0.25) is 0 Å². The average molecular weight is 222 g/mol. The molecule has 1 aromatic rings. The zero-order valence-corrected chi connectivity index (χ0v) is 9.61. The molecule has 0 radical (unpaired) electrons. The Morgan fingerprint density at radius 3 is 3.20 bits per heavy atom. The molecule has 15 heavy (non-hydrogen) atoms. The largest absolute Gasteiger partial charge is 0.366 e. The number of hydrogen-bond donors (Lipinski definition) is 3. The number of nitrogens with zero attached hydrogens (tertiary/aromatic N) is 1. The summed E-state index contributed by atoms with van der Waals surface area (Å²) in [6.45, 7) is 2.10. The molecule has 0 saturated heterocycles. The molecular formula is C10H14N4S. The van der Waals surface area contributed by atoms with Crippen LogP contribution in [-0.4, -0.2) is 28.4 Å². The smallest absolute Gasteiger partial charge is 0.166 e. The number of aromatic nitrogens is 2. The second-order valence-electron chi connectivity index (χ2n) is 3.68. The molecule has 1 unspecified atom stereocenters. The van der Waals surface area contributed by atoms with Gasteiger partial charge >= 0.3 is 0 Å². The van der Waals surface area contributed by atoms with Crippen LogP contribution in [0.1, 0.15) is 18.2 Å². The molecule has 0 spiro atoms. The molecule has 0 aromatic carbocycles. The fourth-order valence-electron chi connectivity index (χ4n) is 1.71. The predicted octanol–water partition coefficient (Wildman–Crippen LogP) is 0.832. The van der Waals surface area contributed by atoms with Gasteiger partial charge in [-0.15, -0.1) is 0 Å². The van der Waals surface area contributed by atoms with E-state index in [1.165, 1.54) is 11.1 Å². The molecule has 1 heterocycles. The zero-order valence-electron chi connectivity index (χ0n) is 8.79. The quantitative estimate of drug-likeness (QED) is 0.616. The van der Waals surface area contributed by atoms with Gasteiger partial charge in [0.25, 0.3) is 0 Å². The molecule has 1 aromatic heterocycles. The number of H-pyrrole nitrogens is 1. The third-order valence-electron chi connectivity index (χ3n) is 2.63. The fourth-order valence-corrected chi connectivity index (χ4v) is 1.86. The first-order chi connectivity index (χ1) is 7.20. The maximum atomic E-state index is 5.09. The van der Waals surface area contributed by atoms with Gasteiger partial charge in [-0.3, -0.25) is 5.10 Å². The first-order valence-corrected chi connectivity index (χ1v) is 5.30. The molecule has 0 amide bonds. The van der Waals surface area contributed by atoms with E-state index >= 15 is 0 Å². The summed E-state index contributed by atoms with van der Waals surface area (Å²) in [5, 5.41) is 13.9. The third kappa shape index (κ3) is 2.02. The van der Waals surface area contributed by atoms with E-state index < -0.39 is 0 Å². The molecule has 1 aliphatic carbocycles. The first-order valence-electron chi connectivity index (χ1n) is 4.89. The van der Waals surface area contributed by atoms with Gasteiger partial charge in [-0.05, 0) is 36.4 Å². The second-order valence-corrected chi connectivity index (χ2v) is 4.09. The van der Waals surface area contributed by atoms with Gasteiger partial charge in [-0.1, -0.05) is 0 Å². The third-order valence-corrected chi connectivity index (χ3v) is 2.95. The minimum Gasteiger partial charge on any atom is -0.366 e. The molecule has 0 bridgehead atoms. The van der Waals surface area contributed by atoms with Crippen molar-refractivity contribution in [2.75, 3.05) is 7.05 Å². The number of rotatable bonds is 1. The Balaban J connectivity index is 2.15. The van der Waals surface area contributed by atoms with Crippen LogP contribution in [0.3, 0.4) is 0 Å². The highest BCUT2D eigenvalue weighted by Gasteiger charge is 2.20. The second kappa shape index (κ2) is 4.02. The Kier molecular flexibility index (Phi) is 2.73. The Labute approximate surface area is 94.1 Å². The fraction of sp³-hybridized carbons (Fsp3) is 0.400. The van der Waals surface area contributed by atoms with Gasteiger partial charge in [-0.25, -0.2) is 0 Å². The lowest BCUT2D eigenvalue weighted by molar-refractivity contribution is 0.675. The van der Waals surface area contributed by atoms with Crippen molar-refractivity contribution in [1.29, 1.82) is 0 Å². The Morgan fingerprint density at radius 1 is 1.67 bits per heavy atom. The summed E-state index contributed by atoms with van der Waals surface area (Å²) in [7, 11) is 1.82. The van der Waals surface area contributed by atoms with Gasteiger partial charge in [0.1, 0.15) is 0 Å². The topological polar surface area (TPSA) is 52.7 Å². The Morgan fingerprint density at radius 2 is 2.47 bits per heavy atom. The van der Waals surface area contributed by atoms with Crippen molar-refractivity contribution in [3.63, 3.8) is 0 Å². The van der Waals surface area contributed by atoms with Gasteiger partial charge in [0.05, 0.1) is 17.9 Å². The lowest BCUT2D eigenvalue weighted by Gasteiger charge is -2.23. The zero-order chi connectivity index (χ0) is 10.8. The van der Waals surface area contributed by atoms with E-state index in [0.29, 0.717) is 5.11 Å². The predicted molar refractivity (Wildman–Crippen MR) is 64.5 cm³/mol. The van der Waals surface area contributed by atoms with Crippen LogP contribution in [0.5, 0.6) is 0 Å². The van der Waals surface area contributed by atoms with Crippen LogP contribution in [0, 0.1) is 0 Å². The summed E-state index contributed by atoms with van der Waals surface area (Å²) in [5.41, 5.74) is 3.61. The van der Waals surface area contributed by atoms with E-state index in [2.05, 4.69) is 33.8 Å².